The van der Waals surface area contributed by atoms with Gasteiger partial charge in [0.1, 0.15) is 0 Å². The molecule has 4 atom stereocenters. The Morgan fingerprint density at radius 1 is 0.667 bits per heavy atom. The highest BCUT2D eigenvalue weighted by atomic mass is 16.2. The molecule has 0 saturated heterocycles. The minimum absolute atomic E-state index is 0.128. The van der Waals surface area contributed by atoms with E-state index >= 15 is 0 Å². The molecule has 4 saturated carbocycles. The van der Waals surface area contributed by atoms with Gasteiger partial charge in [0.05, 0.1) is 17.8 Å². The molecule has 1 aromatic heterocycles. The Bertz CT molecular complexity index is 875. The van der Waals surface area contributed by atoms with E-state index in [4.69, 9.17) is 0 Å². The number of para-hydroxylation sites is 1. The lowest BCUT2D eigenvalue weighted by Gasteiger charge is -2.36. The first-order valence-corrected chi connectivity index (χ1v) is 7.82. The lowest BCUT2D eigenvalue weighted by atomic mass is 9.89. The van der Waals surface area contributed by atoms with E-state index in [-0.39, 0.29) is 11.4 Å². The van der Waals surface area contributed by atoms with E-state index in [1.54, 1.807) is 0 Å². The molecule has 1 aromatic carbocycles. The molecule has 0 unspecified atom stereocenters. The maximum Gasteiger partial charge on any atom is 0.352 e. The van der Waals surface area contributed by atoms with E-state index in [1.165, 1.54) is 4.57 Å². The van der Waals surface area contributed by atoms with Crippen molar-refractivity contribution in [1.82, 2.24) is 13.9 Å². The summed E-state index contributed by atoms with van der Waals surface area (Å²) in [5, 5.41) is 0. The summed E-state index contributed by atoms with van der Waals surface area (Å²) in [6.45, 7) is 0. The van der Waals surface area contributed by atoms with Crippen molar-refractivity contribution in [3.63, 3.8) is 0 Å². The average molecular weight is 279 g/mol. The molecule has 0 amide bonds. The normalized spacial score (nSPS) is 48.4. The summed E-state index contributed by atoms with van der Waals surface area (Å²) in [6, 6.07) is 9.97. The maximum atomic E-state index is 12.9. The molecular formula is C16H13N3O2. The zero-order valence-electron chi connectivity index (χ0n) is 11.2. The van der Waals surface area contributed by atoms with Crippen molar-refractivity contribution in [2.45, 2.75) is 12.1 Å². The Morgan fingerprint density at radius 2 is 1.14 bits per heavy atom. The molecule has 8 rings (SSSR count). The first-order chi connectivity index (χ1) is 10.3. The molecule has 2 aromatic rings. The van der Waals surface area contributed by atoms with Crippen LogP contribution in [0, 0.1) is 35.5 Å². The number of aromatic nitrogens is 3. The van der Waals surface area contributed by atoms with Crippen LogP contribution in [0.15, 0.2) is 39.9 Å². The minimum atomic E-state index is -0.128. The Hall–Kier alpha value is -2.04. The predicted octanol–water partition coefficient (Wildman–Crippen LogP) is 0.648. The molecule has 0 radical (unpaired) electrons. The fraction of sp³-hybridized carbons (Fsp3) is 0.500. The van der Waals surface area contributed by atoms with Crippen LogP contribution in [0.3, 0.4) is 0 Å². The van der Waals surface area contributed by atoms with E-state index in [2.05, 4.69) is 0 Å². The smallest absolute Gasteiger partial charge is 0.245 e. The molecule has 4 aliphatic carbocycles. The number of benzene rings is 1. The fourth-order valence-corrected chi connectivity index (χ4v) is 6.59. The van der Waals surface area contributed by atoms with Crippen LogP contribution in [0.2, 0.25) is 0 Å². The number of nitrogens with zero attached hydrogens (tertiary/aromatic N) is 3. The quantitative estimate of drug-likeness (QED) is 0.769. The van der Waals surface area contributed by atoms with E-state index in [0.29, 0.717) is 41.4 Å². The minimum Gasteiger partial charge on any atom is -0.245 e. The SMILES string of the molecule is O=c1n(-c2ccccc2)c(=O)n2n1C1[C@@H]3C4C5[C@@H]1[C@@H]5C2[C@H]43. The van der Waals surface area contributed by atoms with Crippen molar-refractivity contribution in [1.29, 1.82) is 0 Å². The van der Waals surface area contributed by atoms with Crippen LogP contribution in [-0.4, -0.2) is 13.9 Å². The van der Waals surface area contributed by atoms with E-state index in [1.807, 2.05) is 39.7 Å². The van der Waals surface area contributed by atoms with E-state index < -0.39 is 0 Å². The standard InChI is InChI=1S/C16H13N3O2/c20-15-17(6-4-2-1-3-5-6)16(21)19-14-10-7-8-11(12(8)14)13(9(7)10)18(15)19/h1-5,7-14H/t7?,8?,9-,10-,11-,12-,13?,14?/m1/s1. The van der Waals surface area contributed by atoms with Crippen molar-refractivity contribution in [2.24, 2.45) is 35.5 Å². The highest BCUT2D eigenvalue weighted by molar-refractivity contribution is 5.38. The second-order valence-corrected chi connectivity index (χ2v) is 7.37. The van der Waals surface area contributed by atoms with Crippen molar-refractivity contribution >= 4 is 0 Å². The van der Waals surface area contributed by atoms with Gasteiger partial charge in [-0.2, -0.15) is 0 Å². The van der Waals surface area contributed by atoms with Crippen LogP contribution in [-0.2, 0) is 0 Å². The Kier molecular flexibility index (Phi) is 1.19. The second kappa shape index (κ2) is 2.56. The largest absolute Gasteiger partial charge is 0.352 e. The summed E-state index contributed by atoms with van der Waals surface area (Å²) >= 11 is 0. The third kappa shape index (κ3) is 0.753. The van der Waals surface area contributed by atoms with Gasteiger partial charge in [0.2, 0.25) is 0 Å². The Labute approximate surface area is 119 Å². The third-order valence-electron chi connectivity index (χ3n) is 6.99. The summed E-state index contributed by atoms with van der Waals surface area (Å²) < 4.78 is 5.02. The van der Waals surface area contributed by atoms with Crippen LogP contribution in [0.1, 0.15) is 12.1 Å². The Balaban J connectivity index is 1.59. The van der Waals surface area contributed by atoms with Gasteiger partial charge in [-0.15, -0.1) is 0 Å². The molecule has 104 valence electrons. The first-order valence-electron chi connectivity index (χ1n) is 7.82. The predicted molar refractivity (Wildman–Crippen MR) is 73.3 cm³/mol. The van der Waals surface area contributed by atoms with Gasteiger partial charge in [0.15, 0.2) is 0 Å². The van der Waals surface area contributed by atoms with E-state index in [9.17, 15) is 9.59 Å². The Morgan fingerprint density at radius 3 is 1.62 bits per heavy atom. The molecule has 5 heteroatoms. The van der Waals surface area contributed by atoms with Gasteiger partial charge in [-0.3, -0.25) is 0 Å². The molecule has 6 aliphatic rings. The van der Waals surface area contributed by atoms with Gasteiger partial charge < -0.3 is 0 Å². The zero-order chi connectivity index (χ0) is 13.6. The van der Waals surface area contributed by atoms with E-state index in [0.717, 1.165) is 11.8 Å². The zero-order valence-corrected chi connectivity index (χ0v) is 11.2. The molecule has 3 heterocycles. The van der Waals surface area contributed by atoms with Gasteiger partial charge in [0.25, 0.3) is 0 Å². The summed E-state index contributed by atoms with van der Waals surface area (Å²) in [4.78, 5) is 25.7. The summed E-state index contributed by atoms with van der Waals surface area (Å²) in [6.07, 6.45) is 0. The number of hydrogen-bond donors (Lipinski definition) is 0. The first kappa shape index (κ1) is 9.82. The molecule has 21 heavy (non-hydrogen) atoms. The van der Waals surface area contributed by atoms with Crippen molar-refractivity contribution in [2.75, 3.05) is 0 Å². The third-order valence-corrected chi connectivity index (χ3v) is 6.99. The van der Waals surface area contributed by atoms with Gasteiger partial charge in [-0.05, 0) is 47.6 Å². The lowest BCUT2D eigenvalue weighted by Crippen LogP contribution is -2.45. The van der Waals surface area contributed by atoms with Crippen LogP contribution in [0.4, 0.5) is 0 Å². The van der Waals surface area contributed by atoms with Gasteiger partial charge in [-0.25, -0.2) is 23.5 Å². The molecular weight excluding hydrogens is 266 g/mol. The van der Waals surface area contributed by atoms with Crippen LogP contribution in [0.5, 0.6) is 0 Å². The van der Waals surface area contributed by atoms with Crippen molar-refractivity contribution < 1.29 is 0 Å². The summed E-state index contributed by atoms with van der Waals surface area (Å²) in [5.74, 6) is 4.51. The average Bonchev–Trinajstić information content (AvgIpc) is 3.32. The molecule has 2 aliphatic heterocycles. The fourth-order valence-electron chi connectivity index (χ4n) is 6.59. The number of hydrogen-bond acceptors (Lipinski definition) is 2. The van der Waals surface area contributed by atoms with Crippen LogP contribution < -0.4 is 11.4 Å². The summed E-state index contributed by atoms with van der Waals surface area (Å²) in [7, 11) is 0. The highest BCUT2D eigenvalue weighted by Crippen LogP contribution is 2.91. The highest BCUT2D eigenvalue weighted by Gasteiger charge is 2.90. The second-order valence-electron chi connectivity index (χ2n) is 7.37. The molecule has 5 nitrogen and oxygen atoms in total. The van der Waals surface area contributed by atoms with Gasteiger partial charge in [-0.1, -0.05) is 18.2 Å². The van der Waals surface area contributed by atoms with Crippen molar-refractivity contribution in [3.05, 3.63) is 51.3 Å². The molecule has 2 bridgehead atoms. The van der Waals surface area contributed by atoms with Crippen LogP contribution >= 0.6 is 0 Å². The van der Waals surface area contributed by atoms with Gasteiger partial charge in [0, 0.05) is 0 Å². The maximum absolute atomic E-state index is 12.9. The summed E-state index contributed by atoms with van der Waals surface area (Å²) in [5.41, 5.74) is 0.434. The monoisotopic (exact) mass is 279 g/mol. The molecule has 4 fully saturated rings. The van der Waals surface area contributed by atoms with Gasteiger partial charge >= 0.3 is 11.4 Å². The van der Waals surface area contributed by atoms with Crippen molar-refractivity contribution in [3.8, 4) is 5.69 Å². The topological polar surface area (TPSA) is 48.9 Å². The lowest BCUT2D eigenvalue weighted by molar-refractivity contribution is 0.112. The van der Waals surface area contributed by atoms with Crippen LogP contribution in [0.25, 0.3) is 5.69 Å². The number of rotatable bonds is 1. The molecule has 0 spiro atoms. The molecule has 0 N–H and O–H groups in total.